The molecule has 0 radical (unpaired) electrons. The largest absolute Gasteiger partial charge is 1.00 e. The second-order valence-electron chi connectivity index (χ2n) is 9.75. The van der Waals surface area contributed by atoms with Gasteiger partial charge in [-0.3, -0.25) is 0 Å². The Labute approximate surface area is 192 Å². The zero-order chi connectivity index (χ0) is 19.3. The summed E-state index contributed by atoms with van der Waals surface area (Å²) in [7, 11) is 0. The maximum absolute atomic E-state index is 2.55. The molecule has 2 aliphatic rings. The Kier molecular flexibility index (Phi) is 9.20. The van der Waals surface area contributed by atoms with Crippen molar-refractivity contribution in [3.05, 3.63) is 46.6 Å². The minimum atomic E-state index is -0.760. The van der Waals surface area contributed by atoms with Crippen molar-refractivity contribution in [3.8, 4) is 0 Å². The third-order valence-electron chi connectivity index (χ3n) is 7.28. The van der Waals surface area contributed by atoms with Gasteiger partial charge in [0.25, 0.3) is 0 Å². The van der Waals surface area contributed by atoms with E-state index in [0.717, 1.165) is 0 Å². The molecule has 0 fully saturated rings. The SMILES string of the molecule is CCC(C)(C)C1=C(C)[C](C)([Zr+2][C]2(C)C=CC(C(C)(C)CC)=C2C)C=C1.[Cl-].[Cl-]. The van der Waals surface area contributed by atoms with Gasteiger partial charge >= 0.3 is 169 Å². The monoisotopic (exact) mass is 486 g/mol. The van der Waals surface area contributed by atoms with Gasteiger partial charge in [0.2, 0.25) is 0 Å². The van der Waals surface area contributed by atoms with E-state index >= 15 is 0 Å². The third kappa shape index (κ3) is 4.95. The molecule has 2 unspecified atom stereocenters. The van der Waals surface area contributed by atoms with Crippen molar-refractivity contribution in [2.75, 3.05) is 0 Å². The molecule has 0 aromatic carbocycles. The molecular weight excluding hydrogens is 450 g/mol. The molecule has 2 aliphatic carbocycles. The predicted octanol–water partition coefficient (Wildman–Crippen LogP) is 2.08. The van der Waals surface area contributed by atoms with Gasteiger partial charge in [-0.1, -0.05) is 0 Å². The second-order valence-corrected chi connectivity index (χ2v) is 15.5. The van der Waals surface area contributed by atoms with Crippen LogP contribution < -0.4 is 24.8 Å². The summed E-state index contributed by atoms with van der Waals surface area (Å²) >= 11 is -0.760. The molecule has 0 aliphatic heterocycles. The molecule has 0 saturated heterocycles. The average molecular weight is 489 g/mol. The standard InChI is InChI=1S/2C12H19.2ClH.Zr/c2*1-6-12(4,5)11-8-7-9(2)10(11)3;;;/h2*7-8H,6H2,1-5H3;2*1H;/q;;;;+2/p-2. The van der Waals surface area contributed by atoms with E-state index in [1.165, 1.54) is 12.8 Å². The van der Waals surface area contributed by atoms with Crippen LogP contribution >= 0.6 is 0 Å². The Hall–Kier alpha value is 0.423. The summed E-state index contributed by atoms with van der Waals surface area (Å²) in [5, 5.41) is 0. The van der Waals surface area contributed by atoms with Crippen molar-refractivity contribution < 1.29 is 48.0 Å². The number of hydrogen-bond donors (Lipinski definition) is 0. The molecule has 2 rings (SSSR count). The van der Waals surface area contributed by atoms with E-state index in [4.69, 9.17) is 0 Å². The minimum absolute atomic E-state index is 0. The Morgan fingerprint density at radius 1 is 0.741 bits per heavy atom. The van der Waals surface area contributed by atoms with Crippen LogP contribution in [0.5, 0.6) is 0 Å². The van der Waals surface area contributed by atoms with Crippen molar-refractivity contribution in [1.82, 2.24) is 0 Å². The number of rotatable bonds is 6. The van der Waals surface area contributed by atoms with Gasteiger partial charge in [-0.05, 0) is 0 Å². The quantitative estimate of drug-likeness (QED) is 0.537. The second kappa shape index (κ2) is 9.06. The van der Waals surface area contributed by atoms with Gasteiger partial charge in [0, 0.05) is 0 Å². The smallest absolute Gasteiger partial charge is 1.00 e. The van der Waals surface area contributed by atoms with Crippen LogP contribution in [0.25, 0.3) is 0 Å². The van der Waals surface area contributed by atoms with Gasteiger partial charge in [-0.15, -0.1) is 0 Å². The summed E-state index contributed by atoms with van der Waals surface area (Å²) in [6.45, 7) is 24.1. The molecule has 27 heavy (non-hydrogen) atoms. The van der Waals surface area contributed by atoms with Gasteiger partial charge in [0.05, 0.1) is 0 Å². The summed E-state index contributed by atoms with van der Waals surface area (Å²) in [6, 6.07) is 0. The Morgan fingerprint density at radius 2 is 1.04 bits per heavy atom. The van der Waals surface area contributed by atoms with E-state index < -0.39 is 23.2 Å². The first-order chi connectivity index (χ1) is 11.3. The van der Waals surface area contributed by atoms with E-state index in [-0.39, 0.29) is 24.8 Å². The summed E-state index contributed by atoms with van der Waals surface area (Å²) in [5.41, 5.74) is 7.09. The normalized spacial score (nSPS) is 27.6. The molecule has 0 nitrogen and oxygen atoms in total. The van der Waals surface area contributed by atoms with Gasteiger partial charge < -0.3 is 24.8 Å². The Balaban J connectivity index is 0.00000338. The van der Waals surface area contributed by atoms with Crippen LogP contribution in [0.4, 0.5) is 0 Å². The van der Waals surface area contributed by atoms with Crippen LogP contribution in [0.1, 0.15) is 82.1 Å². The Morgan fingerprint density at radius 3 is 1.30 bits per heavy atom. The molecular formula is C24H38Cl2Zr. The molecule has 0 aromatic rings. The molecule has 152 valence electrons. The number of halogens is 2. The minimum Gasteiger partial charge on any atom is -1.00 e. The molecule has 3 heteroatoms. The van der Waals surface area contributed by atoms with Crippen LogP contribution in [0.15, 0.2) is 46.6 Å². The van der Waals surface area contributed by atoms with E-state index in [0.29, 0.717) is 17.1 Å². The molecule has 0 heterocycles. The summed E-state index contributed by atoms with van der Waals surface area (Å²) in [5.74, 6) is 0. The molecule has 0 N–H and O–H groups in total. The van der Waals surface area contributed by atoms with E-state index in [9.17, 15) is 0 Å². The Bertz CT molecular complexity index is 620. The summed E-state index contributed by atoms with van der Waals surface area (Å²) in [4.78, 5) is 0. The fourth-order valence-corrected chi connectivity index (χ4v) is 9.27. The molecule has 0 aromatic heterocycles. The summed E-state index contributed by atoms with van der Waals surface area (Å²) < 4.78 is 0.661. The van der Waals surface area contributed by atoms with E-state index in [2.05, 4.69) is 93.5 Å². The van der Waals surface area contributed by atoms with Crippen molar-refractivity contribution >= 4 is 0 Å². The molecule has 0 spiro atoms. The molecule has 0 amide bonds. The topological polar surface area (TPSA) is 0 Å². The first-order valence-corrected chi connectivity index (χ1v) is 12.4. The van der Waals surface area contributed by atoms with Crippen molar-refractivity contribution in [2.45, 2.75) is 88.3 Å². The van der Waals surface area contributed by atoms with Crippen molar-refractivity contribution in [2.24, 2.45) is 10.8 Å². The van der Waals surface area contributed by atoms with Crippen LogP contribution in [0.3, 0.4) is 0 Å². The fourth-order valence-electron chi connectivity index (χ4n) is 4.22. The van der Waals surface area contributed by atoms with E-state index in [1.54, 1.807) is 22.3 Å². The molecule has 0 saturated carbocycles. The van der Waals surface area contributed by atoms with Crippen LogP contribution in [0, 0.1) is 10.8 Å². The van der Waals surface area contributed by atoms with Crippen molar-refractivity contribution in [1.29, 1.82) is 0 Å². The predicted molar refractivity (Wildman–Crippen MR) is 109 cm³/mol. The number of allylic oxidation sites excluding steroid dienone is 8. The van der Waals surface area contributed by atoms with Gasteiger partial charge in [0.1, 0.15) is 0 Å². The zero-order valence-electron chi connectivity index (χ0n) is 19.0. The maximum Gasteiger partial charge on any atom is -1.00 e. The van der Waals surface area contributed by atoms with Gasteiger partial charge in [-0.2, -0.15) is 0 Å². The fraction of sp³-hybridized carbons (Fsp3) is 0.667. The van der Waals surface area contributed by atoms with Crippen LogP contribution in [-0.4, -0.2) is 0 Å². The maximum atomic E-state index is 2.55. The molecule has 2 atom stereocenters. The molecule has 0 bridgehead atoms. The van der Waals surface area contributed by atoms with Gasteiger partial charge in [0.15, 0.2) is 0 Å². The van der Waals surface area contributed by atoms with E-state index in [1.807, 2.05) is 0 Å². The third-order valence-corrected chi connectivity index (χ3v) is 12.5. The first-order valence-electron chi connectivity index (χ1n) is 9.94. The average Bonchev–Trinajstić information content (AvgIpc) is 2.98. The van der Waals surface area contributed by atoms with Crippen molar-refractivity contribution in [3.63, 3.8) is 0 Å². The zero-order valence-corrected chi connectivity index (χ0v) is 22.9. The first kappa shape index (κ1) is 27.4. The van der Waals surface area contributed by atoms with Crippen LogP contribution in [-0.2, 0) is 23.2 Å². The van der Waals surface area contributed by atoms with Crippen LogP contribution in [0.2, 0.25) is 6.25 Å². The summed E-state index contributed by atoms with van der Waals surface area (Å²) in [6.07, 6.45) is 12.4. The van der Waals surface area contributed by atoms with Gasteiger partial charge in [-0.25, -0.2) is 0 Å². The number of hydrogen-bond acceptors (Lipinski definition) is 0.